The zero-order valence-corrected chi connectivity index (χ0v) is 10.9. The van der Waals surface area contributed by atoms with E-state index in [9.17, 15) is 4.79 Å². The van der Waals surface area contributed by atoms with Gasteiger partial charge in [-0.3, -0.25) is 9.69 Å². The van der Waals surface area contributed by atoms with E-state index < -0.39 is 0 Å². The Bertz CT molecular complexity index is 243. The van der Waals surface area contributed by atoms with Crippen molar-refractivity contribution in [3.05, 3.63) is 0 Å². The van der Waals surface area contributed by atoms with Crippen molar-refractivity contribution in [3.8, 4) is 0 Å². The summed E-state index contributed by atoms with van der Waals surface area (Å²) in [6.45, 7) is 6.65. The van der Waals surface area contributed by atoms with E-state index in [4.69, 9.17) is 0 Å². The van der Waals surface area contributed by atoms with Crippen LogP contribution < -0.4 is 10.6 Å². The number of likely N-dealkylation sites (tertiary alicyclic amines) is 1. The highest BCUT2D eigenvalue weighted by Gasteiger charge is 2.28. The first kappa shape index (κ1) is 12.8. The molecule has 0 aromatic heterocycles. The molecule has 17 heavy (non-hydrogen) atoms. The molecule has 98 valence electrons. The molecule has 1 atom stereocenters. The summed E-state index contributed by atoms with van der Waals surface area (Å²) in [7, 11) is 0. The summed E-state index contributed by atoms with van der Waals surface area (Å²) < 4.78 is 0. The van der Waals surface area contributed by atoms with E-state index in [0.29, 0.717) is 6.54 Å². The minimum atomic E-state index is 0.171. The number of hydrogen-bond donors (Lipinski definition) is 2. The first-order valence-electron chi connectivity index (χ1n) is 7.02. The first-order valence-corrected chi connectivity index (χ1v) is 7.02. The largest absolute Gasteiger partial charge is 0.355 e. The molecule has 0 aromatic rings. The zero-order chi connectivity index (χ0) is 12.1. The van der Waals surface area contributed by atoms with Crippen molar-refractivity contribution >= 4 is 5.91 Å². The molecule has 2 aliphatic heterocycles. The van der Waals surface area contributed by atoms with Crippen LogP contribution in [0, 0.1) is 5.92 Å². The fourth-order valence-corrected chi connectivity index (χ4v) is 3.08. The Hall–Kier alpha value is -0.610. The molecule has 4 nitrogen and oxygen atoms in total. The van der Waals surface area contributed by atoms with Gasteiger partial charge in [0.1, 0.15) is 0 Å². The van der Waals surface area contributed by atoms with Crippen molar-refractivity contribution in [3.63, 3.8) is 0 Å². The summed E-state index contributed by atoms with van der Waals surface area (Å²) in [4.78, 5) is 13.8. The summed E-state index contributed by atoms with van der Waals surface area (Å²) in [6, 6.07) is 0.751. The topological polar surface area (TPSA) is 44.4 Å². The Morgan fingerprint density at radius 2 is 2.12 bits per heavy atom. The van der Waals surface area contributed by atoms with Gasteiger partial charge in [0.05, 0.1) is 6.54 Å². The zero-order valence-electron chi connectivity index (χ0n) is 10.9. The number of amides is 1. The Balaban J connectivity index is 1.68. The van der Waals surface area contributed by atoms with Gasteiger partial charge in [0, 0.05) is 12.6 Å². The van der Waals surface area contributed by atoms with Gasteiger partial charge in [-0.15, -0.1) is 0 Å². The Labute approximate surface area is 104 Å². The number of likely N-dealkylation sites (N-methyl/N-ethyl adjacent to an activating group) is 1. The lowest BCUT2D eigenvalue weighted by Crippen LogP contribution is -2.44. The molecule has 0 aromatic carbocycles. The van der Waals surface area contributed by atoms with Gasteiger partial charge in [-0.2, -0.15) is 0 Å². The molecule has 2 fully saturated rings. The molecule has 2 heterocycles. The molecular weight excluding hydrogens is 214 g/mol. The fourth-order valence-electron chi connectivity index (χ4n) is 3.08. The molecule has 0 bridgehead atoms. The van der Waals surface area contributed by atoms with Crippen LogP contribution in [0.3, 0.4) is 0 Å². The van der Waals surface area contributed by atoms with Crippen molar-refractivity contribution in [2.45, 2.75) is 38.6 Å². The van der Waals surface area contributed by atoms with Crippen LogP contribution in [0.2, 0.25) is 0 Å². The van der Waals surface area contributed by atoms with Gasteiger partial charge in [0.2, 0.25) is 5.91 Å². The van der Waals surface area contributed by atoms with Crippen molar-refractivity contribution in [1.82, 2.24) is 15.5 Å². The van der Waals surface area contributed by atoms with Crippen LogP contribution in [-0.4, -0.2) is 49.6 Å². The minimum absolute atomic E-state index is 0.171. The van der Waals surface area contributed by atoms with E-state index in [1.54, 1.807) is 0 Å². The summed E-state index contributed by atoms with van der Waals surface area (Å²) in [5.74, 6) is 1.01. The average molecular weight is 239 g/mol. The van der Waals surface area contributed by atoms with E-state index in [2.05, 4.69) is 15.5 Å². The van der Waals surface area contributed by atoms with Gasteiger partial charge in [0.25, 0.3) is 0 Å². The number of piperidine rings is 1. The number of carbonyl (C=O) groups is 1. The van der Waals surface area contributed by atoms with Gasteiger partial charge >= 0.3 is 0 Å². The molecule has 0 spiro atoms. The van der Waals surface area contributed by atoms with Gasteiger partial charge in [0.15, 0.2) is 0 Å². The predicted octanol–water partition coefficient (Wildman–Crippen LogP) is 0.587. The Morgan fingerprint density at radius 3 is 2.71 bits per heavy atom. The summed E-state index contributed by atoms with van der Waals surface area (Å²) >= 11 is 0. The second kappa shape index (κ2) is 6.36. The molecule has 1 amide bonds. The SMILES string of the molecule is CCNC(=O)CN1CCC(C2CCCN2)CC1. The summed E-state index contributed by atoms with van der Waals surface area (Å²) in [5, 5.41) is 6.47. The van der Waals surface area contributed by atoms with E-state index in [1.165, 1.54) is 32.2 Å². The Morgan fingerprint density at radius 1 is 1.35 bits per heavy atom. The molecular formula is C13H25N3O. The quantitative estimate of drug-likeness (QED) is 0.754. The summed E-state index contributed by atoms with van der Waals surface area (Å²) in [6.07, 6.45) is 5.18. The maximum atomic E-state index is 11.5. The van der Waals surface area contributed by atoms with Crippen LogP contribution in [-0.2, 0) is 4.79 Å². The number of nitrogens with one attached hydrogen (secondary N) is 2. The molecule has 1 unspecified atom stereocenters. The van der Waals surface area contributed by atoms with Gasteiger partial charge in [-0.1, -0.05) is 0 Å². The highest BCUT2D eigenvalue weighted by Crippen LogP contribution is 2.25. The maximum Gasteiger partial charge on any atom is 0.234 e. The second-order valence-corrected chi connectivity index (χ2v) is 5.27. The van der Waals surface area contributed by atoms with Crippen molar-refractivity contribution < 1.29 is 4.79 Å². The van der Waals surface area contributed by atoms with Crippen molar-refractivity contribution in [2.75, 3.05) is 32.7 Å². The fraction of sp³-hybridized carbons (Fsp3) is 0.923. The number of carbonyl (C=O) groups excluding carboxylic acids is 1. The molecule has 2 saturated heterocycles. The standard InChI is InChI=1S/C13H25N3O/c1-2-14-13(17)10-16-8-5-11(6-9-16)12-4-3-7-15-12/h11-12,15H,2-10H2,1H3,(H,14,17). The van der Waals surface area contributed by atoms with Crippen LogP contribution >= 0.6 is 0 Å². The third-order valence-corrected chi connectivity index (χ3v) is 4.04. The van der Waals surface area contributed by atoms with Crippen LogP contribution in [0.25, 0.3) is 0 Å². The van der Waals surface area contributed by atoms with Gasteiger partial charge < -0.3 is 10.6 Å². The molecule has 2 rings (SSSR count). The molecule has 0 radical (unpaired) electrons. The number of nitrogens with zero attached hydrogens (tertiary/aromatic N) is 1. The van der Waals surface area contributed by atoms with Crippen molar-refractivity contribution in [2.24, 2.45) is 5.92 Å². The van der Waals surface area contributed by atoms with Crippen LogP contribution in [0.5, 0.6) is 0 Å². The van der Waals surface area contributed by atoms with E-state index in [1.807, 2.05) is 6.92 Å². The minimum Gasteiger partial charge on any atom is -0.355 e. The van der Waals surface area contributed by atoms with E-state index in [-0.39, 0.29) is 5.91 Å². The predicted molar refractivity (Wildman–Crippen MR) is 68.9 cm³/mol. The van der Waals surface area contributed by atoms with Crippen LogP contribution in [0.1, 0.15) is 32.6 Å². The maximum absolute atomic E-state index is 11.5. The second-order valence-electron chi connectivity index (χ2n) is 5.27. The monoisotopic (exact) mass is 239 g/mol. The number of hydrogen-bond acceptors (Lipinski definition) is 3. The molecule has 0 saturated carbocycles. The smallest absolute Gasteiger partial charge is 0.234 e. The van der Waals surface area contributed by atoms with E-state index in [0.717, 1.165) is 31.6 Å². The van der Waals surface area contributed by atoms with E-state index >= 15 is 0 Å². The third-order valence-electron chi connectivity index (χ3n) is 4.04. The highest BCUT2D eigenvalue weighted by molar-refractivity contribution is 5.77. The molecule has 2 aliphatic rings. The highest BCUT2D eigenvalue weighted by atomic mass is 16.2. The lowest BCUT2D eigenvalue weighted by atomic mass is 9.88. The number of rotatable bonds is 4. The molecule has 4 heteroatoms. The Kier molecular flexibility index (Phi) is 4.80. The van der Waals surface area contributed by atoms with Crippen LogP contribution in [0.15, 0.2) is 0 Å². The average Bonchev–Trinajstić information content (AvgIpc) is 2.84. The van der Waals surface area contributed by atoms with Gasteiger partial charge in [-0.25, -0.2) is 0 Å². The third kappa shape index (κ3) is 3.68. The first-order chi connectivity index (χ1) is 8.29. The van der Waals surface area contributed by atoms with Crippen LogP contribution in [0.4, 0.5) is 0 Å². The summed E-state index contributed by atoms with van der Waals surface area (Å²) in [5.41, 5.74) is 0. The van der Waals surface area contributed by atoms with Crippen molar-refractivity contribution in [1.29, 1.82) is 0 Å². The van der Waals surface area contributed by atoms with Gasteiger partial charge in [-0.05, 0) is 58.2 Å². The molecule has 0 aliphatic carbocycles. The normalized spacial score (nSPS) is 27.2. The lowest BCUT2D eigenvalue weighted by Gasteiger charge is -2.34. The molecule has 2 N–H and O–H groups in total. The lowest BCUT2D eigenvalue weighted by molar-refractivity contribution is -0.122.